The molecule has 20 heavy (non-hydrogen) atoms. The van der Waals surface area contributed by atoms with Crippen LogP contribution in [0.5, 0.6) is 6.01 Å². The zero-order valence-electron chi connectivity index (χ0n) is 12.7. The summed E-state index contributed by atoms with van der Waals surface area (Å²) in [5.74, 6) is 6.37. The van der Waals surface area contributed by atoms with E-state index in [1.54, 1.807) is 0 Å². The summed E-state index contributed by atoms with van der Waals surface area (Å²) in [5, 5.41) is 0. The van der Waals surface area contributed by atoms with Gasteiger partial charge in [-0.3, -0.25) is 5.43 Å². The summed E-state index contributed by atoms with van der Waals surface area (Å²) < 4.78 is 5.54. The van der Waals surface area contributed by atoms with E-state index in [4.69, 9.17) is 10.6 Å². The van der Waals surface area contributed by atoms with Crippen LogP contribution in [0.4, 0.5) is 11.9 Å². The molecule has 1 aromatic rings. The smallest absolute Gasteiger partial charge is 0.323 e. The van der Waals surface area contributed by atoms with E-state index in [0.717, 1.165) is 25.9 Å². The number of hydrazine groups is 1. The maximum Gasteiger partial charge on any atom is 0.323 e. The van der Waals surface area contributed by atoms with E-state index in [9.17, 15) is 0 Å². The minimum atomic E-state index is 0.0103. The predicted molar refractivity (Wildman–Crippen MR) is 78.6 cm³/mol. The van der Waals surface area contributed by atoms with Gasteiger partial charge in [0.2, 0.25) is 11.9 Å². The third-order valence-corrected chi connectivity index (χ3v) is 3.47. The lowest BCUT2D eigenvalue weighted by molar-refractivity contribution is 0.221. The topological polar surface area (TPSA) is 89.2 Å². The molecule has 0 radical (unpaired) electrons. The lowest BCUT2D eigenvalue weighted by atomic mass is 9.83. The van der Waals surface area contributed by atoms with Crippen molar-refractivity contribution in [3.8, 4) is 6.01 Å². The molecule has 0 atom stereocenters. The van der Waals surface area contributed by atoms with Gasteiger partial charge in [0.05, 0.1) is 6.10 Å². The van der Waals surface area contributed by atoms with E-state index in [2.05, 4.69) is 39.1 Å². The van der Waals surface area contributed by atoms with Crippen molar-refractivity contribution in [2.75, 3.05) is 23.4 Å². The van der Waals surface area contributed by atoms with E-state index in [1.165, 1.54) is 0 Å². The van der Waals surface area contributed by atoms with Crippen LogP contribution >= 0.6 is 0 Å². The molecule has 2 heterocycles. The molecule has 1 saturated heterocycles. The summed E-state index contributed by atoms with van der Waals surface area (Å²) in [6.45, 7) is 10.3. The first-order valence-corrected chi connectivity index (χ1v) is 7.04. The molecule has 112 valence electrons. The molecule has 0 spiro atoms. The largest absolute Gasteiger partial charge is 0.461 e. The van der Waals surface area contributed by atoms with E-state index in [-0.39, 0.29) is 6.10 Å². The Morgan fingerprint density at radius 1 is 1.20 bits per heavy atom. The lowest BCUT2D eigenvalue weighted by Crippen LogP contribution is -2.38. The van der Waals surface area contributed by atoms with Gasteiger partial charge in [0.15, 0.2) is 0 Å². The molecule has 3 N–H and O–H groups in total. The van der Waals surface area contributed by atoms with Crippen molar-refractivity contribution >= 4 is 11.9 Å². The van der Waals surface area contributed by atoms with Crippen LogP contribution in [-0.2, 0) is 0 Å². The predicted octanol–water partition coefficient (Wildman–Crippen LogP) is 1.57. The molecule has 7 nitrogen and oxygen atoms in total. The monoisotopic (exact) mass is 280 g/mol. The van der Waals surface area contributed by atoms with Gasteiger partial charge in [-0.25, -0.2) is 5.84 Å². The van der Waals surface area contributed by atoms with Crippen molar-refractivity contribution < 1.29 is 4.74 Å². The minimum absolute atomic E-state index is 0.0103. The zero-order chi connectivity index (χ0) is 14.8. The average Bonchev–Trinajstić information content (AvgIpc) is 2.37. The Hall–Kier alpha value is -1.63. The molecule has 1 aliphatic rings. The minimum Gasteiger partial charge on any atom is -0.461 e. The Morgan fingerprint density at radius 2 is 1.85 bits per heavy atom. The molecule has 0 saturated carbocycles. The number of aromatic nitrogens is 3. The number of nitrogens with one attached hydrogen (secondary N) is 1. The molecule has 0 bridgehead atoms. The van der Waals surface area contributed by atoms with Crippen molar-refractivity contribution in [3.63, 3.8) is 0 Å². The van der Waals surface area contributed by atoms with Crippen LogP contribution in [0.3, 0.4) is 0 Å². The summed E-state index contributed by atoms with van der Waals surface area (Å²) >= 11 is 0. The number of ether oxygens (including phenoxy) is 1. The first-order valence-electron chi connectivity index (χ1n) is 7.04. The van der Waals surface area contributed by atoms with Crippen molar-refractivity contribution in [1.29, 1.82) is 0 Å². The Morgan fingerprint density at radius 3 is 2.40 bits per heavy atom. The standard InChI is InChI=1S/C13H24N6O/c1-9(2)20-12-16-10(18-14)15-11(17-12)19-7-5-13(3,4)6-8-19/h9H,5-8,14H2,1-4H3,(H,15,16,17,18). The van der Waals surface area contributed by atoms with Crippen LogP contribution in [0.15, 0.2) is 0 Å². The van der Waals surface area contributed by atoms with Gasteiger partial charge >= 0.3 is 6.01 Å². The third-order valence-electron chi connectivity index (χ3n) is 3.47. The number of nitrogens with two attached hydrogens (primary N) is 1. The lowest BCUT2D eigenvalue weighted by Gasteiger charge is -2.36. The number of nitrogens with zero attached hydrogens (tertiary/aromatic N) is 4. The zero-order valence-corrected chi connectivity index (χ0v) is 12.7. The van der Waals surface area contributed by atoms with Crippen LogP contribution in [0.25, 0.3) is 0 Å². The van der Waals surface area contributed by atoms with Crippen molar-refractivity contribution in [2.24, 2.45) is 11.3 Å². The maximum atomic E-state index is 5.54. The third kappa shape index (κ3) is 3.69. The molecule has 2 rings (SSSR count). The number of hydrogen-bond acceptors (Lipinski definition) is 7. The fraction of sp³-hybridized carbons (Fsp3) is 0.769. The van der Waals surface area contributed by atoms with Gasteiger partial charge in [-0.15, -0.1) is 0 Å². The highest BCUT2D eigenvalue weighted by Crippen LogP contribution is 2.31. The molecule has 0 aliphatic carbocycles. The normalized spacial score (nSPS) is 18.2. The van der Waals surface area contributed by atoms with Crippen molar-refractivity contribution in [2.45, 2.75) is 46.6 Å². The Balaban J connectivity index is 2.18. The van der Waals surface area contributed by atoms with Gasteiger partial charge in [-0.2, -0.15) is 15.0 Å². The fourth-order valence-corrected chi connectivity index (χ4v) is 2.13. The van der Waals surface area contributed by atoms with E-state index >= 15 is 0 Å². The summed E-state index contributed by atoms with van der Waals surface area (Å²) in [4.78, 5) is 15.0. The second-order valence-corrected chi connectivity index (χ2v) is 6.20. The molecular formula is C13H24N6O. The van der Waals surface area contributed by atoms with E-state index in [0.29, 0.717) is 23.3 Å². The van der Waals surface area contributed by atoms with Crippen molar-refractivity contribution in [1.82, 2.24) is 15.0 Å². The molecule has 1 aromatic heterocycles. The highest BCUT2D eigenvalue weighted by atomic mass is 16.5. The first kappa shape index (κ1) is 14.8. The molecular weight excluding hydrogens is 256 g/mol. The molecule has 7 heteroatoms. The quantitative estimate of drug-likeness (QED) is 0.639. The fourth-order valence-electron chi connectivity index (χ4n) is 2.13. The number of nitrogen functional groups attached to an aromatic ring is 1. The molecule has 0 unspecified atom stereocenters. The summed E-state index contributed by atoms with van der Waals surface area (Å²) in [7, 11) is 0. The van der Waals surface area contributed by atoms with Gasteiger partial charge in [0.1, 0.15) is 0 Å². The average molecular weight is 280 g/mol. The number of hydrogen-bond donors (Lipinski definition) is 2. The van der Waals surface area contributed by atoms with Gasteiger partial charge in [0.25, 0.3) is 0 Å². The van der Waals surface area contributed by atoms with Crippen LogP contribution in [-0.4, -0.2) is 34.1 Å². The number of rotatable bonds is 4. The molecule has 0 amide bonds. The Labute approximate surface area is 119 Å². The van der Waals surface area contributed by atoms with Crippen LogP contribution in [0.1, 0.15) is 40.5 Å². The van der Waals surface area contributed by atoms with Crippen LogP contribution in [0.2, 0.25) is 0 Å². The van der Waals surface area contributed by atoms with Crippen molar-refractivity contribution in [3.05, 3.63) is 0 Å². The summed E-state index contributed by atoms with van der Waals surface area (Å²) in [5.41, 5.74) is 2.85. The summed E-state index contributed by atoms with van der Waals surface area (Å²) in [6, 6.07) is 0.308. The van der Waals surface area contributed by atoms with E-state index < -0.39 is 0 Å². The highest BCUT2D eigenvalue weighted by molar-refractivity contribution is 5.38. The summed E-state index contributed by atoms with van der Waals surface area (Å²) in [6.07, 6.45) is 2.24. The highest BCUT2D eigenvalue weighted by Gasteiger charge is 2.27. The van der Waals surface area contributed by atoms with Gasteiger partial charge < -0.3 is 9.64 Å². The van der Waals surface area contributed by atoms with Gasteiger partial charge in [-0.1, -0.05) is 13.8 Å². The molecule has 1 aliphatic heterocycles. The SMILES string of the molecule is CC(C)Oc1nc(NN)nc(N2CCC(C)(C)CC2)n1. The van der Waals surface area contributed by atoms with Crippen LogP contribution in [0, 0.1) is 5.41 Å². The second-order valence-electron chi connectivity index (χ2n) is 6.20. The Kier molecular flexibility index (Phi) is 4.27. The number of anilines is 2. The first-order chi connectivity index (χ1) is 9.39. The Bertz CT molecular complexity index is 452. The second kappa shape index (κ2) is 5.78. The van der Waals surface area contributed by atoms with E-state index in [1.807, 2.05) is 13.8 Å². The molecule has 0 aromatic carbocycles. The maximum absolute atomic E-state index is 5.54. The van der Waals surface area contributed by atoms with Gasteiger partial charge in [-0.05, 0) is 32.1 Å². The van der Waals surface area contributed by atoms with Crippen LogP contribution < -0.4 is 20.9 Å². The number of piperidine rings is 1. The van der Waals surface area contributed by atoms with Gasteiger partial charge in [0, 0.05) is 13.1 Å². The molecule has 1 fully saturated rings.